The largest absolute Gasteiger partial charge is 0.456 e. The van der Waals surface area contributed by atoms with E-state index in [-0.39, 0.29) is 11.8 Å². The van der Waals surface area contributed by atoms with Crippen LogP contribution in [-0.2, 0) is 0 Å². The normalized spacial score (nSPS) is 14.2. The zero-order chi connectivity index (χ0) is 50.6. The topological polar surface area (TPSA) is 21.3 Å². The lowest BCUT2D eigenvalue weighted by Gasteiger charge is -2.45. The second-order valence-corrected chi connectivity index (χ2v) is 20.7. The minimum absolute atomic E-state index is 0.0133. The van der Waals surface area contributed by atoms with E-state index in [2.05, 4.69) is 289 Å². The number of rotatable bonds is 8. The predicted molar refractivity (Wildman–Crippen MR) is 319 cm³/mol. The first-order valence-electron chi connectivity index (χ1n) is 26.7. The molecule has 12 aromatic carbocycles. The van der Waals surface area contributed by atoms with Gasteiger partial charge in [0.25, 0.3) is 0 Å². The molecule has 0 saturated heterocycles. The highest BCUT2D eigenvalue weighted by molar-refractivity contribution is 6.11. The van der Waals surface area contributed by atoms with Crippen molar-refractivity contribution >= 4 is 60.8 Å². The number of aromatic nitrogens is 1. The van der Waals surface area contributed by atoms with Crippen molar-refractivity contribution in [3.8, 4) is 50.2 Å². The number of furan rings is 1. The Kier molecular flexibility index (Phi) is 9.77. The van der Waals surface area contributed by atoms with Gasteiger partial charge in [-0.2, -0.15) is 0 Å². The zero-order valence-electron chi connectivity index (χ0n) is 42.0. The highest BCUT2D eigenvalue weighted by Crippen LogP contribution is 2.61. The number of fused-ring (bicyclic) bond motifs is 6. The molecule has 0 unspecified atom stereocenters. The monoisotopic (exact) mass is 980 g/mol. The second-order valence-electron chi connectivity index (χ2n) is 20.7. The van der Waals surface area contributed by atoms with Gasteiger partial charge in [0, 0.05) is 50.4 Å². The first-order chi connectivity index (χ1) is 38.2. The van der Waals surface area contributed by atoms with Gasteiger partial charge < -0.3 is 13.9 Å². The summed E-state index contributed by atoms with van der Waals surface area (Å²) in [6.07, 6.45) is 0. The lowest BCUT2D eigenvalue weighted by Crippen LogP contribution is -2.30. The van der Waals surface area contributed by atoms with Crippen molar-refractivity contribution in [2.45, 2.75) is 11.8 Å². The van der Waals surface area contributed by atoms with E-state index in [4.69, 9.17) is 4.42 Å². The van der Waals surface area contributed by atoms with Crippen LogP contribution in [0.5, 0.6) is 0 Å². The van der Waals surface area contributed by atoms with Crippen LogP contribution in [0.15, 0.2) is 283 Å². The lowest BCUT2D eigenvalue weighted by molar-refractivity contribution is 0.669. The summed E-state index contributed by atoms with van der Waals surface area (Å²) >= 11 is 0. The van der Waals surface area contributed by atoms with Crippen LogP contribution in [-0.4, -0.2) is 4.57 Å². The molecular weight excluding hydrogens is 933 g/mol. The van der Waals surface area contributed by atoms with E-state index in [1.165, 1.54) is 105 Å². The smallest absolute Gasteiger partial charge is 0.135 e. The van der Waals surface area contributed by atoms with Gasteiger partial charge in [-0.15, -0.1) is 0 Å². The van der Waals surface area contributed by atoms with Gasteiger partial charge in [-0.25, -0.2) is 0 Å². The average molecular weight is 981 g/mol. The molecule has 0 atom stereocenters. The van der Waals surface area contributed by atoms with Gasteiger partial charge in [0.1, 0.15) is 11.2 Å². The molecule has 14 aromatic rings. The van der Waals surface area contributed by atoms with E-state index in [0.717, 1.165) is 39.0 Å². The molecule has 77 heavy (non-hydrogen) atoms. The van der Waals surface area contributed by atoms with Gasteiger partial charge in [0.2, 0.25) is 0 Å². The molecule has 0 aliphatic heterocycles. The Morgan fingerprint density at radius 2 is 0.727 bits per heavy atom. The summed E-state index contributed by atoms with van der Waals surface area (Å²) in [6, 6.07) is 103. The van der Waals surface area contributed by atoms with Crippen molar-refractivity contribution in [1.29, 1.82) is 0 Å². The van der Waals surface area contributed by atoms with Gasteiger partial charge in [0.15, 0.2) is 0 Å². The quantitative estimate of drug-likeness (QED) is 0.151. The summed E-state index contributed by atoms with van der Waals surface area (Å²) in [5, 5.41) is 4.73. The van der Waals surface area contributed by atoms with Crippen LogP contribution in [0.4, 0.5) is 17.1 Å². The minimum Gasteiger partial charge on any atom is -0.456 e. The van der Waals surface area contributed by atoms with Crippen molar-refractivity contribution in [3.63, 3.8) is 0 Å². The molecule has 0 fully saturated rings. The molecule has 3 aliphatic carbocycles. The maximum atomic E-state index is 6.56. The van der Waals surface area contributed by atoms with Crippen molar-refractivity contribution in [2.75, 3.05) is 4.90 Å². The summed E-state index contributed by atoms with van der Waals surface area (Å²) in [7, 11) is 0. The molecule has 0 amide bonds. The molecule has 2 bridgehead atoms. The van der Waals surface area contributed by atoms with Crippen LogP contribution in [0, 0.1) is 0 Å². The Morgan fingerprint density at radius 1 is 0.299 bits per heavy atom. The molecule has 3 heteroatoms. The van der Waals surface area contributed by atoms with E-state index in [9.17, 15) is 0 Å². The van der Waals surface area contributed by atoms with Crippen molar-refractivity contribution in [2.24, 2.45) is 0 Å². The number of anilines is 3. The third-order valence-electron chi connectivity index (χ3n) is 16.6. The van der Waals surface area contributed by atoms with E-state index < -0.39 is 0 Å². The van der Waals surface area contributed by atoms with Crippen LogP contribution in [0.1, 0.15) is 45.2 Å². The standard InChI is InChI=1S/C74H48N2O/c1-4-16-47(17-5-1)49-28-35-55(36-29-49)75(56-37-30-50(31-38-56)51-32-40-67-63(44-51)58-22-14-15-27-66(58)76(67)54-20-8-3-9-21-54)68-41-39-57(73-71-59-23-10-12-25-61(59)72(74(68)73)62-26-13-11-24-60(62)71)53-34-43-70-65(46-53)64-45-52(33-42-69(64)77-70)48-18-6-2-7-19-48/h1-46,71-72H. The molecule has 0 saturated carbocycles. The molecule has 0 radical (unpaired) electrons. The Labute approximate surface area is 446 Å². The Hall–Kier alpha value is -9.96. The van der Waals surface area contributed by atoms with Crippen molar-refractivity contribution in [3.05, 3.63) is 312 Å². The number of benzene rings is 12. The third kappa shape index (κ3) is 6.84. The fraction of sp³-hybridized carbons (Fsp3) is 0.0270. The molecule has 0 N–H and O–H groups in total. The van der Waals surface area contributed by atoms with Crippen molar-refractivity contribution in [1.82, 2.24) is 4.57 Å². The van der Waals surface area contributed by atoms with Gasteiger partial charge in [0.05, 0.1) is 16.7 Å². The van der Waals surface area contributed by atoms with Crippen molar-refractivity contribution < 1.29 is 4.42 Å². The lowest BCUT2D eigenvalue weighted by atomic mass is 9.59. The zero-order valence-corrected chi connectivity index (χ0v) is 42.0. The summed E-state index contributed by atoms with van der Waals surface area (Å²) in [5.74, 6) is 0.0469. The molecule has 3 nitrogen and oxygen atoms in total. The van der Waals surface area contributed by atoms with Gasteiger partial charge >= 0.3 is 0 Å². The fourth-order valence-electron chi connectivity index (χ4n) is 13.1. The molecule has 3 aliphatic rings. The number of para-hydroxylation sites is 2. The fourth-order valence-corrected chi connectivity index (χ4v) is 13.1. The van der Waals surface area contributed by atoms with Crippen LogP contribution in [0.3, 0.4) is 0 Å². The first kappa shape index (κ1) is 43.4. The summed E-state index contributed by atoms with van der Waals surface area (Å²) in [4.78, 5) is 2.52. The predicted octanol–water partition coefficient (Wildman–Crippen LogP) is 19.8. The molecule has 360 valence electrons. The maximum absolute atomic E-state index is 6.56. The maximum Gasteiger partial charge on any atom is 0.135 e. The molecular formula is C74H48N2O. The SMILES string of the molecule is c1ccc(-c2ccc(N(c3ccc(-c4ccc5c(c4)c4ccccc4n5-c4ccccc4)cc3)c3ccc(-c4ccc5oc6ccc(-c7ccccc7)cc6c5c4)c4c3C3c5ccccc5C4c4ccccc43)cc2)cc1. The number of hydrogen-bond acceptors (Lipinski definition) is 2. The highest BCUT2D eigenvalue weighted by Gasteiger charge is 2.44. The summed E-state index contributed by atoms with van der Waals surface area (Å²) < 4.78 is 8.94. The third-order valence-corrected chi connectivity index (χ3v) is 16.6. The van der Waals surface area contributed by atoms with Crippen LogP contribution < -0.4 is 4.90 Å². The van der Waals surface area contributed by atoms with Crippen LogP contribution >= 0.6 is 0 Å². The Balaban J connectivity index is 0.891. The molecule has 2 aromatic heterocycles. The van der Waals surface area contributed by atoms with Crippen LogP contribution in [0.25, 0.3) is 93.9 Å². The molecule has 17 rings (SSSR count). The van der Waals surface area contributed by atoms with E-state index in [0.29, 0.717) is 0 Å². The molecule has 2 heterocycles. The summed E-state index contributed by atoms with van der Waals surface area (Å²) in [5.41, 5.74) is 26.5. The first-order valence-corrected chi connectivity index (χ1v) is 26.7. The minimum atomic E-state index is 0.0133. The van der Waals surface area contributed by atoms with Gasteiger partial charge in [-0.3, -0.25) is 0 Å². The van der Waals surface area contributed by atoms with E-state index >= 15 is 0 Å². The van der Waals surface area contributed by atoms with E-state index in [1.807, 2.05) is 0 Å². The number of hydrogen-bond donors (Lipinski definition) is 0. The Morgan fingerprint density at radius 3 is 1.34 bits per heavy atom. The van der Waals surface area contributed by atoms with Crippen LogP contribution in [0.2, 0.25) is 0 Å². The summed E-state index contributed by atoms with van der Waals surface area (Å²) in [6.45, 7) is 0. The second kappa shape index (κ2) is 17.3. The Bertz CT molecular complexity index is 4560. The average Bonchev–Trinajstić information content (AvgIpc) is 4.22. The van der Waals surface area contributed by atoms with Gasteiger partial charge in [-0.1, -0.05) is 194 Å². The van der Waals surface area contributed by atoms with Gasteiger partial charge in [-0.05, 0) is 163 Å². The highest BCUT2D eigenvalue weighted by atomic mass is 16.3. The molecule has 0 spiro atoms. The van der Waals surface area contributed by atoms with E-state index in [1.54, 1.807) is 0 Å². The number of nitrogens with zero attached hydrogens (tertiary/aromatic N) is 2.